The Labute approximate surface area is 250 Å². The topological polar surface area (TPSA) is 101 Å². The lowest BCUT2D eigenvalue weighted by molar-refractivity contribution is -0.228. The van der Waals surface area contributed by atoms with Gasteiger partial charge in [-0.3, -0.25) is 14.4 Å². The van der Waals surface area contributed by atoms with Crippen LogP contribution in [0.3, 0.4) is 0 Å². The van der Waals surface area contributed by atoms with Crippen LogP contribution in [-0.2, 0) is 19.1 Å². The fourth-order valence-electron chi connectivity index (χ4n) is 7.63. The van der Waals surface area contributed by atoms with E-state index in [4.69, 9.17) is 9.84 Å². The zero-order valence-electron chi connectivity index (χ0n) is 24.6. The van der Waals surface area contributed by atoms with E-state index in [0.717, 1.165) is 6.08 Å². The van der Waals surface area contributed by atoms with Crippen LogP contribution in [0.15, 0.2) is 23.8 Å². The van der Waals surface area contributed by atoms with Gasteiger partial charge < -0.3 is 14.9 Å². The molecule has 4 rings (SSSR count). The molecule has 2 N–H and O–H groups in total. The van der Waals surface area contributed by atoms with E-state index in [1.165, 1.54) is 19.1 Å². The van der Waals surface area contributed by atoms with E-state index >= 15 is 8.78 Å². The number of halogens is 7. The summed E-state index contributed by atoms with van der Waals surface area (Å²) in [4.78, 5) is 37.8. The van der Waals surface area contributed by atoms with Crippen LogP contribution in [-0.4, -0.2) is 76.1 Å². The number of aliphatic hydroxyl groups excluding tert-OH is 2. The third kappa shape index (κ3) is 6.29. The molecule has 4 aliphatic carbocycles. The van der Waals surface area contributed by atoms with Crippen LogP contribution in [0.2, 0.25) is 0 Å². The number of hydrogen-bond donors (Lipinski definition) is 2. The van der Waals surface area contributed by atoms with Crippen molar-refractivity contribution >= 4 is 28.6 Å². The molecule has 0 spiro atoms. The molecule has 0 unspecified atom stereocenters. The number of hydrogen-bond acceptors (Lipinski definition) is 7. The van der Waals surface area contributed by atoms with E-state index in [9.17, 15) is 41.4 Å². The summed E-state index contributed by atoms with van der Waals surface area (Å²) in [6.07, 6.45) is -4.47. The maximum atomic E-state index is 17.2. The van der Waals surface area contributed by atoms with Crippen molar-refractivity contribution in [1.82, 2.24) is 0 Å². The molecule has 0 aliphatic heterocycles. The molecule has 0 radical (unpaired) electrons. The molecule has 0 saturated heterocycles. The number of carbonyl (C=O) groups excluding carboxylic acids is 3. The number of thioether (sulfide) groups is 1. The second kappa shape index (κ2) is 13.6. The summed E-state index contributed by atoms with van der Waals surface area (Å²) in [5, 5.41) is 18.3. The molecule has 0 heterocycles. The normalized spacial score (nSPS) is 39.5. The van der Waals surface area contributed by atoms with Crippen molar-refractivity contribution in [2.45, 2.75) is 90.0 Å². The van der Waals surface area contributed by atoms with Crippen LogP contribution in [0.1, 0.15) is 60.3 Å². The second-order valence-electron chi connectivity index (χ2n) is 11.7. The van der Waals surface area contributed by atoms with E-state index in [1.807, 2.05) is 0 Å². The first-order chi connectivity index (χ1) is 19.8. The molecular formula is C29H39F7O6S. The molecule has 6 nitrogen and oxygen atoms in total. The third-order valence-corrected chi connectivity index (χ3v) is 10.0. The highest BCUT2D eigenvalue weighted by Crippen LogP contribution is 2.72. The summed E-state index contributed by atoms with van der Waals surface area (Å²) < 4.78 is 93.4. The average Bonchev–Trinajstić information content (AvgIpc) is 3.14. The first-order valence-corrected chi connectivity index (χ1v) is 14.9. The summed E-state index contributed by atoms with van der Waals surface area (Å²) in [7, 11) is 0. The first-order valence-electron chi connectivity index (χ1n) is 14.0. The van der Waals surface area contributed by atoms with Gasteiger partial charge in [-0.15, -0.1) is 0 Å². The number of allylic oxidation sites excluding steroid dienone is 4. The second-order valence-corrected chi connectivity index (χ2v) is 12.5. The minimum Gasteiger partial charge on any atom is -0.449 e. The number of fused-ring (bicyclic) bond motifs is 5. The lowest BCUT2D eigenvalue weighted by Gasteiger charge is -2.63. The zero-order chi connectivity index (χ0) is 33.2. The molecule has 3 saturated carbocycles. The summed E-state index contributed by atoms with van der Waals surface area (Å²) >= 11 is 0.396. The Kier molecular flexibility index (Phi) is 11.8. The van der Waals surface area contributed by atoms with Gasteiger partial charge in [-0.1, -0.05) is 26.8 Å². The molecule has 0 amide bonds. The van der Waals surface area contributed by atoms with Crippen LogP contribution < -0.4 is 0 Å². The number of aliphatic hydroxyl groups is 2. The Morgan fingerprint density at radius 2 is 1.70 bits per heavy atom. The van der Waals surface area contributed by atoms with E-state index in [2.05, 4.69) is 0 Å². The van der Waals surface area contributed by atoms with Crippen molar-refractivity contribution in [2.75, 3.05) is 19.3 Å². The molecule has 9 atom stereocenters. The van der Waals surface area contributed by atoms with Crippen LogP contribution in [0.5, 0.6) is 0 Å². The quantitative estimate of drug-likeness (QED) is 0.287. The Hall–Kier alpha value is -1.93. The zero-order valence-corrected chi connectivity index (χ0v) is 25.5. The van der Waals surface area contributed by atoms with Gasteiger partial charge in [0, 0.05) is 35.7 Å². The largest absolute Gasteiger partial charge is 0.449 e. The average molecular weight is 649 g/mol. The van der Waals surface area contributed by atoms with Crippen molar-refractivity contribution in [3.05, 3.63) is 23.8 Å². The predicted octanol–water partition coefficient (Wildman–Crippen LogP) is 5.95. The Morgan fingerprint density at radius 1 is 1.14 bits per heavy atom. The number of ketones is 1. The van der Waals surface area contributed by atoms with Gasteiger partial charge in [-0.2, -0.15) is 13.2 Å². The highest BCUT2D eigenvalue weighted by Gasteiger charge is 2.78. The smallest absolute Gasteiger partial charge is 0.416 e. The number of carbonyl (C=O) groups is 3. The lowest BCUT2D eigenvalue weighted by atomic mass is 9.44. The monoisotopic (exact) mass is 648 g/mol. The van der Waals surface area contributed by atoms with Gasteiger partial charge in [0.2, 0.25) is 5.12 Å². The molecule has 14 heteroatoms. The van der Waals surface area contributed by atoms with E-state index in [1.54, 1.807) is 27.7 Å². The summed E-state index contributed by atoms with van der Waals surface area (Å²) in [5.74, 6) is -3.30. The molecule has 0 aromatic rings. The number of esters is 1. The minimum atomic E-state index is -4.62. The van der Waals surface area contributed by atoms with Gasteiger partial charge in [-0.05, 0) is 68.5 Å². The molecule has 0 aromatic carbocycles. The van der Waals surface area contributed by atoms with Crippen molar-refractivity contribution in [2.24, 2.45) is 28.6 Å². The highest BCUT2D eigenvalue weighted by atomic mass is 32.2. The van der Waals surface area contributed by atoms with Gasteiger partial charge in [0.05, 0.1) is 6.10 Å². The molecule has 0 aromatic heterocycles. The Bertz CT molecular complexity index is 1120. The van der Waals surface area contributed by atoms with Gasteiger partial charge in [0.1, 0.15) is 12.2 Å². The lowest BCUT2D eigenvalue weighted by Crippen LogP contribution is -2.70. The fraction of sp³-hybridized carbons (Fsp3) is 0.759. The molecule has 0 bridgehead atoms. The van der Waals surface area contributed by atoms with Crippen LogP contribution in [0.4, 0.5) is 30.7 Å². The van der Waals surface area contributed by atoms with Gasteiger partial charge >= 0.3 is 12.1 Å². The molecule has 43 heavy (non-hydrogen) atoms. The Morgan fingerprint density at radius 3 is 2.19 bits per heavy atom. The van der Waals surface area contributed by atoms with Crippen molar-refractivity contribution in [3.63, 3.8) is 0 Å². The number of rotatable bonds is 4. The summed E-state index contributed by atoms with van der Waals surface area (Å²) in [5.41, 5.74) is -6.84. The van der Waals surface area contributed by atoms with E-state index < -0.39 is 87.9 Å². The Balaban J connectivity index is 0.000000630. The van der Waals surface area contributed by atoms with Gasteiger partial charge in [0.15, 0.2) is 23.7 Å². The fourth-order valence-corrected chi connectivity index (χ4v) is 8.42. The van der Waals surface area contributed by atoms with E-state index in [-0.39, 0.29) is 37.9 Å². The maximum Gasteiger partial charge on any atom is 0.416 e. The summed E-state index contributed by atoms with van der Waals surface area (Å²) in [6.45, 7) is 6.15. The van der Waals surface area contributed by atoms with E-state index in [0.29, 0.717) is 11.8 Å². The minimum absolute atomic E-state index is 0.0141. The maximum absolute atomic E-state index is 17.2. The van der Waals surface area contributed by atoms with Crippen LogP contribution in [0, 0.1) is 28.6 Å². The standard InChI is InChI=1S/C25H31F3O5S.C2H2F4.C2H6O/c1-5-20(31)33-25(21(32)34-12-26)13(2)8-15-16-10-18(27)17-9-14(29)6-7-22(17,3)24(16,28)19(30)11-23(15,25)4;3-1-2(4,5)6;1-2-3/h6-7,9,13,15-16,18-19,30H,5,8,10-12H2,1-4H3;1H2;3H,2H2,1H3/t13-,15+,16+,18+,19+,22+,23+,24+,25+;;/m1../s1. The number of ether oxygens (including phenoxy) is 1. The highest BCUT2D eigenvalue weighted by molar-refractivity contribution is 8.13. The first kappa shape index (κ1) is 37.3. The SMILES string of the molecule is CCC(=O)O[C@]1(C(=O)SCF)[C@H](C)C[C@H]2[C@@H]3C[C@H](F)C4=CC(=O)C=C[C@]4(C)[C@@]3(F)[C@@H](O)C[C@@]21C.CCO.FCC(F)(F)F. The van der Waals surface area contributed by atoms with Crippen molar-refractivity contribution in [1.29, 1.82) is 0 Å². The molecular weight excluding hydrogens is 609 g/mol. The molecule has 246 valence electrons. The number of alkyl halides is 7. The third-order valence-electron chi connectivity index (χ3n) is 9.37. The van der Waals surface area contributed by atoms with Crippen molar-refractivity contribution in [3.8, 4) is 0 Å². The van der Waals surface area contributed by atoms with Crippen LogP contribution >= 0.6 is 11.8 Å². The predicted molar refractivity (Wildman–Crippen MR) is 146 cm³/mol. The van der Waals surface area contributed by atoms with Crippen LogP contribution in [0.25, 0.3) is 0 Å². The summed E-state index contributed by atoms with van der Waals surface area (Å²) in [6, 6.07) is -1.02. The van der Waals surface area contributed by atoms with Gasteiger partial charge in [0.25, 0.3) is 0 Å². The van der Waals surface area contributed by atoms with Crippen molar-refractivity contribution < 1.29 is 60.1 Å². The molecule has 4 aliphatic rings. The molecule has 3 fully saturated rings. The van der Waals surface area contributed by atoms with Gasteiger partial charge in [-0.25, -0.2) is 17.6 Å².